The molecule has 7 heteroatoms. The number of carbonyl (C=O) groups is 1. The normalized spacial score (nSPS) is 10.8. The van der Waals surface area contributed by atoms with Crippen molar-refractivity contribution in [2.45, 2.75) is 11.4 Å². The largest absolute Gasteiger partial charge is 0.464 e. The molecule has 0 amide bonds. The van der Waals surface area contributed by atoms with Gasteiger partial charge in [0.25, 0.3) is 0 Å². The van der Waals surface area contributed by atoms with E-state index in [2.05, 4.69) is 5.10 Å². The summed E-state index contributed by atoms with van der Waals surface area (Å²) >= 11 is 13.9. The van der Waals surface area contributed by atoms with Crippen molar-refractivity contribution in [3.63, 3.8) is 0 Å². The number of nitrogens with zero attached hydrogens (tertiary/aromatic N) is 2. The highest BCUT2D eigenvalue weighted by Gasteiger charge is 2.17. The Morgan fingerprint density at radius 2 is 1.88 bits per heavy atom. The molecule has 4 nitrogen and oxygen atoms in total. The molecule has 3 rings (SSSR count). The molecule has 0 aliphatic carbocycles. The van der Waals surface area contributed by atoms with Crippen LogP contribution in [-0.2, 0) is 11.3 Å². The van der Waals surface area contributed by atoms with Crippen LogP contribution in [0.25, 0.3) is 11.3 Å². The van der Waals surface area contributed by atoms with E-state index >= 15 is 0 Å². The maximum atomic E-state index is 11.9. The Morgan fingerprint density at radius 3 is 2.50 bits per heavy atom. The summed E-state index contributed by atoms with van der Waals surface area (Å²) in [7, 11) is 1.34. The Morgan fingerprint density at radius 1 is 1.15 bits per heavy atom. The van der Waals surface area contributed by atoms with Crippen LogP contribution >= 0.6 is 35.0 Å². The van der Waals surface area contributed by atoms with Crippen molar-refractivity contribution >= 4 is 40.9 Å². The van der Waals surface area contributed by atoms with Crippen molar-refractivity contribution in [1.82, 2.24) is 9.78 Å². The van der Waals surface area contributed by atoms with Crippen LogP contribution in [0.15, 0.2) is 53.4 Å². The molecule has 3 aromatic rings. The van der Waals surface area contributed by atoms with Crippen LogP contribution in [0.2, 0.25) is 10.0 Å². The summed E-state index contributed by atoms with van der Waals surface area (Å²) in [5.74, 6) is -0.479. The minimum atomic E-state index is -0.479. The van der Waals surface area contributed by atoms with E-state index in [9.17, 15) is 4.79 Å². The minimum absolute atomic E-state index is 0.251. The predicted octanol–water partition coefficient (Wildman–Crippen LogP) is 5.41. The van der Waals surface area contributed by atoms with Crippen LogP contribution in [0.3, 0.4) is 0 Å². The Kier molecular flexibility index (Phi) is 5.91. The number of ether oxygens (including phenoxy) is 1. The second kappa shape index (κ2) is 8.16. The average Bonchev–Trinajstić information content (AvgIpc) is 3.07. The third kappa shape index (κ3) is 4.06. The van der Waals surface area contributed by atoms with E-state index < -0.39 is 5.97 Å². The fraction of sp³-hybridized carbons (Fsp3) is 0.158. The zero-order chi connectivity index (χ0) is 18.7. The molecule has 0 atom stereocenters. The van der Waals surface area contributed by atoms with Crippen molar-refractivity contribution in [3.8, 4) is 11.3 Å². The van der Waals surface area contributed by atoms with Gasteiger partial charge in [0.05, 0.1) is 19.3 Å². The van der Waals surface area contributed by atoms with Crippen LogP contribution < -0.4 is 0 Å². The fourth-order valence-corrected chi connectivity index (χ4v) is 3.42. The highest BCUT2D eigenvalue weighted by Crippen LogP contribution is 2.27. The standard InChI is InChI=1S/C19H16Cl2N2O2S/c1-25-19(24)17-10-18(12-4-7-15(26-2)8-5-12)23(22-17)11-13-3-6-14(20)9-16(13)21/h3-10H,11H2,1-2H3. The number of carbonyl (C=O) groups excluding carboxylic acids is 1. The first kappa shape index (κ1) is 18.8. The molecule has 0 saturated heterocycles. The molecule has 0 fully saturated rings. The third-order valence-corrected chi connectivity index (χ3v) is 5.23. The first-order valence-electron chi connectivity index (χ1n) is 7.76. The highest BCUT2D eigenvalue weighted by molar-refractivity contribution is 7.98. The number of halogens is 2. The van der Waals surface area contributed by atoms with E-state index in [1.165, 1.54) is 7.11 Å². The van der Waals surface area contributed by atoms with Crippen LogP contribution in [0.5, 0.6) is 0 Å². The van der Waals surface area contributed by atoms with Gasteiger partial charge in [-0.25, -0.2) is 4.79 Å². The molecular formula is C19H16Cl2N2O2S. The van der Waals surface area contributed by atoms with Crippen molar-refractivity contribution in [2.75, 3.05) is 13.4 Å². The maximum absolute atomic E-state index is 11.9. The van der Waals surface area contributed by atoms with Crippen molar-refractivity contribution < 1.29 is 9.53 Å². The van der Waals surface area contributed by atoms with Crippen LogP contribution in [-0.4, -0.2) is 29.1 Å². The molecule has 26 heavy (non-hydrogen) atoms. The summed E-state index contributed by atoms with van der Waals surface area (Å²) in [6, 6.07) is 15.1. The van der Waals surface area contributed by atoms with E-state index in [1.807, 2.05) is 36.6 Å². The van der Waals surface area contributed by atoms with Gasteiger partial charge >= 0.3 is 5.97 Å². The Bertz CT molecular complexity index is 939. The van der Waals surface area contributed by atoms with E-state index in [-0.39, 0.29) is 5.69 Å². The number of aromatic nitrogens is 2. The first-order valence-corrected chi connectivity index (χ1v) is 9.74. The average molecular weight is 407 g/mol. The third-order valence-electron chi connectivity index (χ3n) is 3.90. The second-order valence-electron chi connectivity index (χ2n) is 5.53. The topological polar surface area (TPSA) is 44.1 Å². The molecule has 0 aliphatic rings. The maximum Gasteiger partial charge on any atom is 0.358 e. The number of methoxy groups -OCH3 is 1. The predicted molar refractivity (Wildman–Crippen MR) is 106 cm³/mol. The van der Waals surface area contributed by atoms with Crippen LogP contribution in [0.4, 0.5) is 0 Å². The van der Waals surface area contributed by atoms with Gasteiger partial charge in [-0.15, -0.1) is 11.8 Å². The number of hydrogen-bond acceptors (Lipinski definition) is 4. The van der Waals surface area contributed by atoms with Crippen LogP contribution in [0, 0.1) is 0 Å². The number of benzene rings is 2. The van der Waals surface area contributed by atoms with Crippen molar-refractivity contribution in [3.05, 3.63) is 69.8 Å². The minimum Gasteiger partial charge on any atom is -0.464 e. The summed E-state index contributed by atoms with van der Waals surface area (Å²) in [6.07, 6.45) is 2.02. The van der Waals surface area contributed by atoms with E-state index in [1.54, 1.807) is 34.6 Å². The summed E-state index contributed by atoms with van der Waals surface area (Å²) in [6.45, 7) is 0.409. The molecule has 0 saturated carbocycles. The first-order chi connectivity index (χ1) is 12.5. The van der Waals surface area contributed by atoms with Gasteiger partial charge in [-0.3, -0.25) is 4.68 Å². The number of hydrogen-bond donors (Lipinski definition) is 0. The lowest BCUT2D eigenvalue weighted by molar-refractivity contribution is 0.0593. The highest BCUT2D eigenvalue weighted by atomic mass is 35.5. The fourth-order valence-electron chi connectivity index (χ4n) is 2.55. The van der Waals surface area contributed by atoms with Crippen molar-refractivity contribution in [1.29, 1.82) is 0 Å². The zero-order valence-electron chi connectivity index (χ0n) is 14.2. The van der Waals surface area contributed by atoms with E-state index in [4.69, 9.17) is 27.9 Å². The Labute approximate surface area is 166 Å². The molecule has 0 unspecified atom stereocenters. The van der Waals surface area contributed by atoms with Gasteiger partial charge < -0.3 is 4.74 Å². The number of esters is 1. The van der Waals surface area contributed by atoms with Gasteiger partial charge in [0.15, 0.2) is 5.69 Å². The molecule has 2 aromatic carbocycles. The van der Waals surface area contributed by atoms with Crippen LogP contribution in [0.1, 0.15) is 16.1 Å². The summed E-state index contributed by atoms with van der Waals surface area (Å²) < 4.78 is 6.55. The molecule has 0 bridgehead atoms. The molecule has 0 aliphatic heterocycles. The molecule has 0 N–H and O–H groups in total. The smallest absolute Gasteiger partial charge is 0.358 e. The number of rotatable bonds is 5. The Hall–Kier alpha value is -1.95. The zero-order valence-corrected chi connectivity index (χ0v) is 16.5. The lowest BCUT2D eigenvalue weighted by Crippen LogP contribution is -2.07. The Balaban J connectivity index is 2.04. The van der Waals surface area contributed by atoms with Gasteiger partial charge in [0, 0.05) is 14.9 Å². The molecule has 1 aromatic heterocycles. The number of thioether (sulfide) groups is 1. The molecule has 0 spiro atoms. The van der Waals surface area contributed by atoms with E-state index in [0.29, 0.717) is 16.6 Å². The quantitative estimate of drug-likeness (QED) is 0.419. The monoisotopic (exact) mass is 406 g/mol. The summed E-state index contributed by atoms with van der Waals surface area (Å²) in [5.41, 5.74) is 2.87. The molecular weight excluding hydrogens is 391 g/mol. The lowest BCUT2D eigenvalue weighted by atomic mass is 10.1. The van der Waals surface area contributed by atoms with Gasteiger partial charge in [-0.1, -0.05) is 41.4 Å². The molecule has 134 valence electrons. The van der Waals surface area contributed by atoms with Gasteiger partial charge in [-0.2, -0.15) is 5.10 Å². The molecule has 1 heterocycles. The van der Waals surface area contributed by atoms with E-state index in [0.717, 1.165) is 21.7 Å². The lowest BCUT2D eigenvalue weighted by Gasteiger charge is -2.10. The molecule has 0 radical (unpaired) electrons. The van der Waals surface area contributed by atoms with Gasteiger partial charge in [0.1, 0.15) is 0 Å². The SMILES string of the molecule is COC(=O)c1cc(-c2ccc(SC)cc2)n(Cc2ccc(Cl)cc2Cl)n1. The van der Waals surface area contributed by atoms with Gasteiger partial charge in [0.2, 0.25) is 0 Å². The second-order valence-corrected chi connectivity index (χ2v) is 7.25. The summed E-state index contributed by atoms with van der Waals surface area (Å²) in [5, 5.41) is 5.53. The van der Waals surface area contributed by atoms with Crippen molar-refractivity contribution in [2.24, 2.45) is 0 Å². The van der Waals surface area contributed by atoms with Gasteiger partial charge in [-0.05, 0) is 47.7 Å². The summed E-state index contributed by atoms with van der Waals surface area (Å²) in [4.78, 5) is 13.1.